The summed E-state index contributed by atoms with van der Waals surface area (Å²) in [5.41, 5.74) is 11.2. The van der Waals surface area contributed by atoms with Gasteiger partial charge in [-0.15, -0.1) is 11.3 Å². The molecule has 11 aromatic rings. The molecule has 5 heteroatoms. The van der Waals surface area contributed by atoms with Crippen molar-refractivity contribution >= 4 is 53.3 Å². The van der Waals surface area contributed by atoms with Crippen LogP contribution in [0.1, 0.15) is 0 Å². The maximum Gasteiger partial charge on any atom is 0.164 e. The molecule has 0 saturated carbocycles. The minimum atomic E-state index is 0.651. The third kappa shape index (κ3) is 5.40. The zero-order valence-corrected chi connectivity index (χ0v) is 31.0. The van der Waals surface area contributed by atoms with Crippen LogP contribution in [0.15, 0.2) is 194 Å². The number of thiophene rings is 1. The van der Waals surface area contributed by atoms with Crippen molar-refractivity contribution in [3.8, 4) is 62.1 Å². The molecule has 4 nitrogen and oxygen atoms in total. The van der Waals surface area contributed by atoms with Crippen LogP contribution in [-0.2, 0) is 0 Å². The van der Waals surface area contributed by atoms with Crippen LogP contribution in [-0.4, -0.2) is 19.5 Å². The number of fused-ring (bicyclic) bond motifs is 7. The van der Waals surface area contributed by atoms with Gasteiger partial charge in [0.05, 0.1) is 11.0 Å². The predicted molar refractivity (Wildman–Crippen MR) is 234 cm³/mol. The smallest absolute Gasteiger partial charge is 0.164 e. The number of rotatable bonds is 6. The molecule has 262 valence electrons. The molecule has 0 aliphatic carbocycles. The molecule has 3 aromatic heterocycles. The van der Waals surface area contributed by atoms with E-state index in [0.29, 0.717) is 17.5 Å². The van der Waals surface area contributed by atoms with Gasteiger partial charge in [-0.2, -0.15) is 0 Å². The van der Waals surface area contributed by atoms with E-state index in [1.165, 1.54) is 58.7 Å². The molecule has 0 saturated heterocycles. The Labute approximate surface area is 327 Å². The molecule has 56 heavy (non-hydrogen) atoms. The first-order valence-corrected chi connectivity index (χ1v) is 19.6. The fraction of sp³-hybridized carbons (Fsp3) is 0. The molecule has 0 spiro atoms. The van der Waals surface area contributed by atoms with E-state index in [9.17, 15) is 0 Å². The lowest BCUT2D eigenvalue weighted by molar-refractivity contribution is 1.07. The number of hydrogen-bond donors (Lipinski definition) is 0. The maximum absolute atomic E-state index is 4.95. The lowest BCUT2D eigenvalue weighted by Gasteiger charge is -2.09. The summed E-state index contributed by atoms with van der Waals surface area (Å²) in [6, 6.07) is 68.5. The summed E-state index contributed by atoms with van der Waals surface area (Å²) < 4.78 is 5.01. The molecule has 0 radical (unpaired) electrons. The lowest BCUT2D eigenvalue weighted by atomic mass is 10.0. The van der Waals surface area contributed by atoms with Gasteiger partial charge in [0.1, 0.15) is 0 Å². The Morgan fingerprint density at radius 3 is 1.45 bits per heavy atom. The van der Waals surface area contributed by atoms with Crippen molar-refractivity contribution in [1.82, 2.24) is 19.5 Å². The fourth-order valence-corrected chi connectivity index (χ4v) is 9.38. The van der Waals surface area contributed by atoms with Crippen LogP contribution < -0.4 is 0 Å². The van der Waals surface area contributed by atoms with Gasteiger partial charge in [-0.3, -0.25) is 0 Å². The van der Waals surface area contributed by atoms with Crippen molar-refractivity contribution in [1.29, 1.82) is 0 Å². The fourth-order valence-electron chi connectivity index (χ4n) is 7.98. The van der Waals surface area contributed by atoms with Crippen molar-refractivity contribution < 1.29 is 0 Å². The molecule has 0 N–H and O–H groups in total. The lowest BCUT2D eigenvalue weighted by Crippen LogP contribution is -2.00. The highest BCUT2D eigenvalue weighted by atomic mass is 32.1. The quantitative estimate of drug-likeness (QED) is 0.171. The predicted octanol–water partition coefficient (Wildman–Crippen LogP) is 13.7. The highest BCUT2D eigenvalue weighted by Crippen LogP contribution is 2.46. The van der Waals surface area contributed by atoms with Crippen molar-refractivity contribution in [2.45, 2.75) is 0 Å². The summed E-state index contributed by atoms with van der Waals surface area (Å²) in [5, 5.41) is 5.12. The molecule has 0 bridgehead atoms. The van der Waals surface area contributed by atoms with Crippen LogP contribution in [0.5, 0.6) is 0 Å². The Kier molecular flexibility index (Phi) is 7.64. The van der Waals surface area contributed by atoms with Crippen LogP contribution in [0.25, 0.3) is 104 Å². The Hall–Kier alpha value is -7.21. The van der Waals surface area contributed by atoms with E-state index < -0.39 is 0 Å². The van der Waals surface area contributed by atoms with Crippen LogP contribution >= 0.6 is 11.3 Å². The van der Waals surface area contributed by atoms with Gasteiger partial charge in [-0.05, 0) is 46.5 Å². The highest BCUT2D eigenvalue weighted by molar-refractivity contribution is 7.27. The Morgan fingerprint density at radius 1 is 0.321 bits per heavy atom. The molecular weight excluding hydrogens is 701 g/mol. The molecule has 0 unspecified atom stereocenters. The monoisotopic (exact) mass is 732 g/mol. The molecule has 0 atom stereocenters. The van der Waals surface area contributed by atoms with E-state index in [1.54, 1.807) is 0 Å². The summed E-state index contributed by atoms with van der Waals surface area (Å²) in [6.45, 7) is 0. The number of benzene rings is 8. The minimum absolute atomic E-state index is 0.651. The summed E-state index contributed by atoms with van der Waals surface area (Å²) >= 11 is 1.89. The largest absolute Gasteiger partial charge is 0.309 e. The summed E-state index contributed by atoms with van der Waals surface area (Å²) in [6.07, 6.45) is 0. The maximum atomic E-state index is 4.95. The van der Waals surface area contributed by atoms with Crippen molar-refractivity contribution in [3.05, 3.63) is 194 Å². The van der Waals surface area contributed by atoms with Gasteiger partial charge in [0.2, 0.25) is 0 Å². The second kappa shape index (κ2) is 13.3. The minimum Gasteiger partial charge on any atom is -0.309 e. The molecule has 0 aliphatic rings. The number of nitrogens with zero attached hydrogens (tertiary/aromatic N) is 4. The Bertz CT molecular complexity index is 3150. The normalized spacial score (nSPS) is 11.6. The summed E-state index contributed by atoms with van der Waals surface area (Å²) in [4.78, 5) is 14.8. The van der Waals surface area contributed by atoms with Gasteiger partial charge in [0, 0.05) is 53.3 Å². The molecule has 0 amide bonds. The zero-order valence-electron chi connectivity index (χ0n) is 30.2. The summed E-state index contributed by atoms with van der Waals surface area (Å²) in [7, 11) is 0. The van der Waals surface area contributed by atoms with Crippen molar-refractivity contribution in [3.63, 3.8) is 0 Å². The molecule has 8 aromatic carbocycles. The van der Waals surface area contributed by atoms with Crippen LogP contribution in [0.4, 0.5) is 0 Å². The second-order valence-corrected chi connectivity index (χ2v) is 15.0. The van der Waals surface area contributed by atoms with E-state index in [-0.39, 0.29) is 0 Å². The first-order valence-electron chi connectivity index (χ1n) is 18.8. The van der Waals surface area contributed by atoms with E-state index in [0.717, 1.165) is 27.9 Å². The van der Waals surface area contributed by atoms with E-state index in [4.69, 9.17) is 15.0 Å². The first kappa shape index (κ1) is 32.2. The number of para-hydroxylation sites is 1. The average molecular weight is 733 g/mol. The molecule has 3 heterocycles. The van der Waals surface area contributed by atoms with Gasteiger partial charge in [-0.1, -0.05) is 170 Å². The molecular formula is C51H32N4S. The molecule has 11 rings (SSSR count). The zero-order chi connectivity index (χ0) is 37.0. The van der Waals surface area contributed by atoms with Crippen LogP contribution in [0.3, 0.4) is 0 Å². The van der Waals surface area contributed by atoms with E-state index in [1.807, 2.05) is 72.0 Å². The van der Waals surface area contributed by atoms with Gasteiger partial charge >= 0.3 is 0 Å². The highest BCUT2D eigenvalue weighted by Gasteiger charge is 2.19. The van der Waals surface area contributed by atoms with Crippen LogP contribution in [0, 0.1) is 0 Å². The SMILES string of the molecule is c1ccc(-c2ccc(-n3c4ccccc4c4c5sc6c(-c7ccc(-c8nc(-c9ccccc9)nc(-c9ccccc9)n8)cc7)cccc6c5ccc43)cc2)cc1. The topological polar surface area (TPSA) is 43.6 Å². The Balaban J connectivity index is 1.02. The molecule has 0 fully saturated rings. The van der Waals surface area contributed by atoms with E-state index in [2.05, 4.69) is 138 Å². The summed E-state index contributed by atoms with van der Waals surface area (Å²) in [5.74, 6) is 1.97. The Morgan fingerprint density at radius 2 is 0.804 bits per heavy atom. The van der Waals surface area contributed by atoms with Gasteiger partial charge in [0.25, 0.3) is 0 Å². The van der Waals surface area contributed by atoms with Crippen molar-refractivity contribution in [2.24, 2.45) is 0 Å². The number of hydrogen-bond acceptors (Lipinski definition) is 4. The first-order chi connectivity index (χ1) is 27.8. The van der Waals surface area contributed by atoms with Gasteiger partial charge < -0.3 is 4.57 Å². The van der Waals surface area contributed by atoms with Crippen LogP contribution in [0.2, 0.25) is 0 Å². The van der Waals surface area contributed by atoms with Crippen molar-refractivity contribution in [2.75, 3.05) is 0 Å². The van der Waals surface area contributed by atoms with Gasteiger partial charge in [0.15, 0.2) is 17.5 Å². The average Bonchev–Trinajstić information content (AvgIpc) is 3.83. The second-order valence-electron chi connectivity index (χ2n) is 14.0. The standard InChI is InChI=1S/C51H32N4S/c1-4-13-33(14-5-1)34-27-29-39(30-28-34)55-44-22-11-10-19-43(44)46-45(55)32-31-42-41-21-12-20-40(47(41)56-48(42)46)35-23-25-38(26-24-35)51-53-49(36-15-6-2-7-16-36)52-50(54-51)37-17-8-3-9-18-37/h1-32H. The van der Waals surface area contributed by atoms with Gasteiger partial charge in [-0.25, -0.2) is 15.0 Å². The molecule has 0 aliphatic heterocycles. The van der Waals surface area contributed by atoms with E-state index >= 15 is 0 Å². The third-order valence-corrected chi connectivity index (χ3v) is 12.0. The number of aromatic nitrogens is 4. The third-order valence-electron chi connectivity index (χ3n) is 10.7.